The predicted octanol–water partition coefficient (Wildman–Crippen LogP) is 2.37. The van der Waals surface area contributed by atoms with Crippen molar-refractivity contribution in [3.8, 4) is 5.75 Å². The highest BCUT2D eigenvalue weighted by Gasteiger charge is 2.08. The molecule has 0 aliphatic carbocycles. The monoisotopic (exact) mass is 380 g/mol. The van der Waals surface area contributed by atoms with Crippen LogP contribution in [0.2, 0.25) is 0 Å². The van der Waals surface area contributed by atoms with Crippen molar-refractivity contribution in [1.29, 1.82) is 0 Å². The number of fused-ring (bicyclic) bond motifs is 1. The highest BCUT2D eigenvalue weighted by molar-refractivity contribution is 5.96. The molecule has 0 atom stereocenters. The minimum absolute atomic E-state index is 0.0555. The number of hydrogen-bond acceptors (Lipinski definition) is 4. The first kappa shape index (κ1) is 19.4. The molecule has 2 aromatic carbocycles. The molecule has 0 radical (unpaired) electrons. The fraction of sp³-hybridized carbons (Fsp3) is 0.286. The summed E-state index contributed by atoms with van der Waals surface area (Å²) >= 11 is 0. The maximum Gasteiger partial charge on any atom is 0.251 e. The highest BCUT2D eigenvalue weighted by atomic mass is 16.5. The Morgan fingerprint density at radius 2 is 1.86 bits per heavy atom. The van der Waals surface area contributed by atoms with E-state index in [0.29, 0.717) is 24.5 Å². The normalized spacial score (nSPS) is 10.6. The van der Waals surface area contributed by atoms with Crippen LogP contribution in [-0.4, -0.2) is 41.1 Å². The van der Waals surface area contributed by atoms with Gasteiger partial charge in [-0.3, -0.25) is 9.59 Å². The number of aryl methyl sites for hydroxylation is 1. The quantitative estimate of drug-likeness (QED) is 0.558. The topological polar surface area (TPSA) is 85.2 Å². The minimum Gasteiger partial charge on any atom is -0.494 e. The van der Waals surface area contributed by atoms with Crippen molar-refractivity contribution in [2.75, 3.05) is 19.7 Å². The van der Waals surface area contributed by atoms with Gasteiger partial charge in [0, 0.05) is 18.7 Å². The molecular weight excluding hydrogens is 356 g/mol. The van der Waals surface area contributed by atoms with Gasteiger partial charge >= 0.3 is 0 Å². The first-order valence-corrected chi connectivity index (χ1v) is 9.35. The van der Waals surface area contributed by atoms with E-state index in [9.17, 15) is 9.59 Å². The van der Waals surface area contributed by atoms with E-state index in [2.05, 4.69) is 20.2 Å². The molecule has 0 aliphatic rings. The van der Waals surface area contributed by atoms with Gasteiger partial charge in [0.25, 0.3) is 5.91 Å². The van der Waals surface area contributed by atoms with Crippen LogP contribution in [0, 0.1) is 0 Å². The zero-order valence-corrected chi connectivity index (χ0v) is 15.9. The molecule has 28 heavy (non-hydrogen) atoms. The largest absolute Gasteiger partial charge is 0.494 e. The number of ether oxygens (including phenoxy) is 1. The van der Waals surface area contributed by atoms with Crippen LogP contribution in [0.1, 0.15) is 23.7 Å². The van der Waals surface area contributed by atoms with Gasteiger partial charge in [-0.15, -0.1) is 0 Å². The number of nitrogens with zero attached hydrogens (tertiary/aromatic N) is 2. The van der Waals surface area contributed by atoms with Crippen LogP contribution in [0.4, 0.5) is 0 Å². The standard InChI is InChI=1S/C21H24N4O3/c1-2-28-17-10-8-16(9-11-17)21(27)23-14-20(26)22-12-5-13-25-15-24-18-6-3-4-7-19(18)25/h3-4,6-11,15H,2,5,12-14H2,1H3,(H,22,26)(H,23,27). The summed E-state index contributed by atoms with van der Waals surface area (Å²) < 4.78 is 7.41. The van der Waals surface area contributed by atoms with Gasteiger partial charge in [-0.1, -0.05) is 12.1 Å². The van der Waals surface area contributed by atoms with Gasteiger partial charge in [0.2, 0.25) is 5.91 Å². The van der Waals surface area contributed by atoms with Gasteiger partial charge in [-0.2, -0.15) is 0 Å². The summed E-state index contributed by atoms with van der Waals surface area (Å²) in [6.07, 6.45) is 2.59. The van der Waals surface area contributed by atoms with Crippen LogP contribution in [0.15, 0.2) is 54.9 Å². The fourth-order valence-corrected chi connectivity index (χ4v) is 2.86. The van der Waals surface area contributed by atoms with Crippen LogP contribution in [0.3, 0.4) is 0 Å². The van der Waals surface area contributed by atoms with E-state index in [1.54, 1.807) is 24.3 Å². The van der Waals surface area contributed by atoms with Gasteiger partial charge in [0.1, 0.15) is 5.75 Å². The predicted molar refractivity (Wildman–Crippen MR) is 107 cm³/mol. The first-order valence-electron chi connectivity index (χ1n) is 9.35. The first-order chi connectivity index (χ1) is 13.7. The lowest BCUT2D eigenvalue weighted by Crippen LogP contribution is -2.37. The molecule has 3 rings (SSSR count). The molecule has 0 aliphatic heterocycles. The summed E-state index contributed by atoms with van der Waals surface area (Å²) in [5.74, 6) is 0.209. The van der Waals surface area contributed by atoms with E-state index in [1.807, 2.05) is 37.5 Å². The lowest BCUT2D eigenvalue weighted by Gasteiger charge is -2.08. The molecule has 0 unspecified atom stereocenters. The van der Waals surface area contributed by atoms with Crippen LogP contribution in [0.5, 0.6) is 5.75 Å². The third-order valence-corrected chi connectivity index (χ3v) is 4.26. The fourth-order valence-electron chi connectivity index (χ4n) is 2.86. The molecule has 146 valence electrons. The SMILES string of the molecule is CCOc1ccc(C(=O)NCC(=O)NCCCn2cnc3ccccc32)cc1. The van der Waals surface area contributed by atoms with E-state index in [-0.39, 0.29) is 18.4 Å². The van der Waals surface area contributed by atoms with Gasteiger partial charge in [-0.05, 0) is 49.7 Å². The smallest absolute Gasteiger partial charge is 0.251 e. The van der Waals surface area contributed by atoms with Crippen molar-refractivity contribution >= 4 is 22.8 Å². The van der Waals surface area contributed by atoms with Gasteiger partial charge in [-0.25, -0.2) is 4.98 Å². The Morgan fingerprint density at radius 3 is 2.64 bits per heavy atom. The number of hydrogen-bond donors (Lipinski definition) is 2. The number of carbonyl (C=O) groups excluding carboxylic acids is 2. The van der Waals surface area contributed by atoms with Crippen molar-refractivity contribution in [3.63, 3.8) is 0 Å². The zero-order chi connectivity index (χ0) is 19.8. The molecule has 1 heterocycles. The molecule has 3 aromatic rings. The summed E-state index contributed by atoms with van der Waals surface area (Å²) in [5.41, 5.74) is 2.53. The van der Waals surface area contributed by atoms with E-state index < -0.39 is 0 Å². The highest BCUT2D eigenvalue weighted by Crippen LogP contribution is 2.12. The number of rotatable bonds is 9. The van der Waals surface area contributed by atoms with Crippen molar-refractivity contribution in [2.45, 2.75) is 19.9 Å². The summed E-state index contributed by atoms with van der Waals surface area (Å²) in [4.78, 5) is 28.4. The second kappa shape index (κ2) is 9.55. The van der Waals surface area contributed by atoms with Crippen molar-refractivity contribution < 1.29 is 14.3 Å². The Kier molecular flexibility index (Phi) is 6.62. The van der Waals surface area contributed by atoms with Crippen molar-refractivity contribution in [1.82, 2.24) is 20.2 Å². The van der Waals surface area contributed by atoms with E-state index in [4.69, 9.17) is 4.74 Å². The second-order valence-corrected chi connectivity index (χ2v) is 6.27. The van der Waals surface area contributed by atoms with Gasteiger partial charge < -0.3 is 19.9 Å². The summed E-state index contributed by atoms with van der Waals surface area (Å²) in [5, 5.41) is 5.44. The Morgan fingerprint density at radius 1 is 1.07 bits per heavy atom. The molecule has 0 spiro atoms. The molecule has 1 aromatic heterocycles. The number of para-hydroxylation sites is 2. The Balaban J connectivity index is 1.36. The summed E-state index contributed by atoms with van der Waals surface area (Å²) in [7, 11) is 0. The number of nitrogens with one attached hydrogen (secondary N) is 2. The van der Waals surface area contributed by atoms with Crippen LogP contribution in [-0.2, 0) is 11.3 Å². The summed E-state index contributed by atoms with van der Waals surface area (Å²) in [6.45, 7) is 3.71. The van der Waals surface area contributed by atoms with Crippen molar-refractivity contribution in [3.05, 3.63) is 60.4 Å². The van der Waals surface area contributed by atoms with Crippen molar-refractivity contribution in [2.24, 2.45) is 0 Å². The Bertz CT molecular complexity index is 934. The van der Waals surface area contributed by atoms with Gasteiger partial charge in [0.15, 0.2) is 0 Å². The van der Waals surface area contributed by atoms with E-state index in [1.165, 1.54) is 0 Å². The minimum atomic E-state index is -0.289. The number of imidazole rings is 1. The Labute approximate surface area is 163 Å². The molecule has 0 bridgehead atoms. The average molecular weight is 380 g/mol. The van der Waals surface area contributed by atoms with Gasteiger partial charge in [0.05, 0.1) is 30.5 Å². The lowest BCUT2D eigenvalue weighted by molar-refractivity contribution is -0.120. The molecular formula is C21H24N4O3. The zero-order valence-electron chi connectivity index (χ0n) is 15.9. The molecule has 2 N–H and O–H groups in total. The Hall–Kier alpha value is -3.35. The number of benzene rings is 2. The average Bonchev–Trinajstić information content (AvgIpc) is 3.13. The number of aromatic nitrogens is 2. The van der Waals surface area contributed by atoms with Crippen LogP contribution >= 0.6 is 0 Å². The third kappa shape index (κ3) is 5.09. The second-order valence-electron chi connectivity index (χ2n) is 6.27. The molecule has 7 heteroatoms. The van der Waals surface area contributed by atoms with E-state index >= 15 is 0 Å². The number of carbonyl (C=O) groups is 2. The van der Waals surface area contributed by atoms with Crippen LogP contribution < -0.4 is 15.4 Å². The lowest BCUT2D eigenvalue weighted by atomic mass is 10.2. The third-order valence-electron chi connectivity index (χ3n) is 4.26. The summed E-state index contributed by atoms with van der Waals surface area (Å²) in [6, 6.07) is 14.8. The van der Waals surface area contributed by atoms with Crippen LogP contribution in [0.25, 0.3) is 11.0 Å². The maximum absolute atomic E-state index is 12.1. The molecule has 7 nitrogen and oxygen atoms in total. The molecule has 0 saturated carbocycles. The number of amides is 2. The molecule has 0 fully saturated rings. The maximum atomic E-state index is 12.1. The van der Waals surface area contributed by atoms with E-state index in [0.717, 1.165) is 24.0 Å². The molecule has 0 saturated heterocycles. The molecule has 2 amide bonds.